The lowest BCUT2D eigenvalue weighted by Gasteiger charge is -2.33. The first-order valence-corrected chi connectivity index (χ1v) is 38.6. The standard InChI is InChI=1S/C21H20FN5O2.C21H22N6O2.C21H21N5O2.C21H25N3O3/c1-13-5-6-19(23-11-13)29-18-10-14-9-17(18)26(12-14)21(28)15-3-2-4-16(22)20(15)27-24-7-8-25-27;1-13-3-6-19(22-11-13)29-18-10-15-9-17(18)26(12-15)21(28)16-5-4-14(2)24-20(16)27-8-7-23-25-27;1-14-6-7-20(22-12-14)28-19-11-15-10-18(19)25(13-15)21(27)16-4-2-3-5-17(16)26-23-8-9-24-26;1-4-26-17-7-6-14(3)23-20(17)21(25)24-12-15-9-16(24)18(10-15)27-19-8-5-13(2)11-22-19/h2-8,11,14,17-18H,9-10,12H2,1H3;3-8,11,15,17-18H,9-10,12H2,1-2H3;2-9,12,15,18-19H,10-11,13H2,1H3;5-8,11,15-16,18H,4,9-10,12H2,1-3H3. The Kier molecular flexibility index (Phi) is 21.5. The van der Waals surface area contributed by atoms with Crippen molar-refractivity contribution in [1.82, 2.24) is 94.5 Å². The summed E-state index contributed by atoms with van der Waals surface area (Å²) >= 11 is 0. The average molecular weight is 1530 g/mol. The van der Waals surface area contributed by atoms with Gasteiger partial charge in [0.05, 0.1) is 90.3 Å². The molecule has 4 aliphatic carbocycles. The number of carbonyl (C=O) groups is 4. The highest BCUT2D eigenvalue weighted by Gasteiger charge is 2.53. The summed E-state index contributed by atoms with van der Waals surface area (Å²) in [6.07, 6.45) is 23.9. The van der Waals surface area contributed by atoms with E-state index in [0.29, 0.717) is 94.4 Å². The van der Waals surface area contributed by atoms with Crippen LogP contribution in [0.15, 0.2) is 177 Å². The van der Waals surface area contributed by atoms with Crippen molar-refractivity contribution in [1.29, 1.82) is 0 Å². The van der Waals surface area contributed by atoms with Gasteiger partial charge in [0, 0.05) is 86.6 Å². The van der Waals surface area contributed by atoms with Gasteiger partial charge in [-0.25, -0.2) is 39.0 Å². The lowest BCUT2D eigenvalue weighted by Crippen LogP contribution is -2.47. The number of benzene rings is 2. The SMILES string of the molecule is CCOc1ccc(C)nc1C(=O)N1CC2CC(Oc3ccc(C)cn3)C1C2.Cc1ccc(OC2CC3CC2N(C(=O)c2ccc(C)nc2-n2ccnn2)C3)nc1.Cc1ccc(OC2CC3CC2N(C(=O)c2cccc(F)c2-n2nccn2)C3)nc1.Cc1ccc(OC2CC3CC2N(C(=O)c2ccccc2-n2nccn2)C3)nc1. The van der Waals surface area contributed by atoms with Crippen molar-refractivity contribution in [2.75, 3.05) is 32.8 Å². The van der Waals surface area contributed by atoms with Gasteiger partial charge < -0.3 is 43.3 Å². The number of likely N-dealkylation sites (tertiary alicyclic amines) is 4. The topological polar surface area (TPSA) is 297 Å². The summed E-state index contributed by atoms with van der Waals surface area (Å²) in [6.45, 7) is 17.1. The number of aromatic nitrogens is 15. The van der Waals surface area contributed by atoms with E-state index in [4.69, 9.17) is 23.7 Å². The van der Waals surface area contributed by atoms with E-state index in [1.807, 2.05) is 160 Å². The lowest BCUT2D eigenvalue weighted by molar-refractivity contribution is 0.0456. The summed E-state index contributed by atoms with van der Waals surface area (Å²) in [4.78, 5) is 90.1. The number of fused-ring (bicyclic) bond motifs is 8. The molecule has 29 heteroatoms. The molecule has 13 heterocycles. The van der Waals surface area contributed by atoms with Gasteiger partial charge in [-0.15, -0.1) is 9.90 Å². The monoisotopic (exact) mass is 1530 g/mol. The molecular formula is C84H88FN19O9. The molecule has 9 aromatic heterocycles. The first-order valence-electron chi connectivity index (χ1n) is 38.6. The van der Waals surface area contributed by atoms with E-state index >= 15 is 0 Å². The van der Waals surface area contributed by atoms with Crippen LogP contribution >= 0.6 is 0 Å². The van der Waals surface area contributed by atoms with Crippen LogP contribution in [0.25, 0.3) is 17.2 Å². The molecule has 19 rings (SSSR count). The molecule has 12 unspecified atom stereocenters. The molecule has 2 aromatic carbocycles. The maximum Gasteiger partial charge on any atom is 0.276 e. The van der Waals surface area contributed by atoms with Crippen LogP contribution in [0.4, 0.5) is 4.39 Å². The van der Waals surface area contributed by atoms with Gasteiger partial charge in [-0.2, -0.15) is 25.2 Å². The summed E-state index contributed by atoms with van der Waals surface area (Å²) in [5, 5.41) is 24.3. The lowest BCUT2D eigenvalue weighted by atomic mass is 10.1. The van der Waals surface area contributed by atoms with Crippen molar-refractivity contribution < 1.29 is 47.3 Å². The minimum absolute atomic E-state index is 0.00515. The predicted molar refractivity (Wildman–Crippen MR) is 410 cm³/mol. The smallest absolute Gasteiger partial charge is 0.276 e. The molecule has 4 saturated carbocycles. The van der Waals surface area contributed by atoms with E-state index in [-0.39, 0.29) is 83.5 Å². The van der Waals surface area contributed by atoms with E-state index in [1.165, 1.54) is 29.3 Å². The van der Waals surface area contributed by atoms with Gasteiger partial charge >= 0.3 is 0 Å². The molecule has 11 aromatic rings. The van der Waals surface area contributed by atoms with Gasteiger partial charge in [-0.05, 0) is 194 Å². The second-order valence-corrected chi connectivity index (χ2v) is 30.5. The molecule has 4 saturated heterocycles. The van der Waals surface area contributed by atoms with Crippen molar-refractivity contribution in [2.24, 2.45) is 23.7 Å². The summed E-state index contributed by atoms with van der Waals surface area (Å²) in [7, 11) is 0. The fraction of sp³-hybridized carbons (Fsp3) is 0.381. The normalized spacial score (nSPS) is 23.1. The quantitative estimate of drug-likeness (QED) is 0.0818. The van der Waals surface area contributed by atoms with Gasteiger partial charge in [0.2, 0.25) is 23.5 Å². The van der Waals surface area contributed by atoms with Crippen LogP contribution in [0.2, 0.25) is 0 Å². The Labute approximate surface area is 652 Å². The Balaban J connectivity index is 0.000000114. The largest absolute Gasteiger partial charge is 0.491 e. The molecule has 8 bridgehead atoms. The number of amides is 4. The molecule has 28 nitrogen and oxygen atoms in total. The Morgan fingerprint density at radius 3 is 1.27 bits per heavy atom. The van der Waals surface area contributed by atoms with Gasteiger partial charge in [0.15, 0.2) is 23.1 Å². The Morgan fingerprint density at radius 2 is 0.841 bits per heavy atom. The number of para-hydroxylation sites is 2. The van der Waals surface area contributed by atoms with Crippen molar-refractivity contribution in [3.63, 3.8) is 0 Å². The number of aryl methyl sites for hydroxylation is 6. The summed E-state index contributed by atoms with van der Waals surface area (Å²) < 4.78 is 46.2. The molecule has 8 fully saturated rings. The number of halogens is 1. The zero-order valence-corrected chi connectivity index (χ0v) is 63.9. The van der Waals surface area contributed by atoms with E-state index < -0.39 is 5.82 Å². The molecule has 580 valence electrons. The molecule has 0 spiro atoms. The highest BCUT2D eigenvalue weighted by Crippen LogP contribution is 2.45. The van der Waals surface area contributed by atoms with Crippen LogP contribution in [-0.2, 0) is 0 Å². The summed E-state index contributed by atoms with van der Waals surface area (Å²) in [5.74, 6) is 4.37. The number of hydrogen-bond acceptors (Lipinski definition) is 21. The minimum Gasteiger partial charge on any atom is -0.491 e. The molecule has 0 N–H and O–H groups in total. The minimum atomic E-state index is -0.534. The Hall–Kier alpha value is -12.4. The zero-order chi connectivity index (χ0) is 78.0. The molecule has 4 aliphatic heterocycles. The second kappa shape index (κ2) is 32.5. The fourth-order valence-corrected chi connectivity index (χ4v) is 17.2. The number of nitrogens with zero attached hydrogens (tertiary/aromatic N) is 19. The zero-order valence-electron chi connectivity index (χ0n) is 63.9. The molecule has 8 aliphatic rings. The second-order valence-electron chi connectivity index (χ2n) is 30.5. The van der Waals surface area contributed by atoms with Gasteiger partial charge in [-0.3, -0.25) is 19.2 Å². The summed E-state index contributed by atoms with van der Waals surface area (Å²) in [5.41, 5.74) is 8.53. The first-order chi connectivity index (χ1) is 54.9. The van der Waals surface area contributed by atoms with E-state index in [0.717, 1.165) is 109 Å². The maximum absolute atomic E-state index is 14.5. The average Bonchev–Trinajstić information content (AvgIpc) is 1.65. The number of carbonyl (C=O) groups excluding carboxylic acids is 4. The molecule has 0 radical (unpaired) electrons. The number of pyridine rings is 6. The van der Waals surface area contributed by atoms with Gasteiger partial charge in [-0.1, -0.05) is 47.7 Å². The van der Waals surface area contributed by atoms with Crippen LogP contribution in [0, 0.1) is 71.0 Å². The van der Waals surface area contributed by atoms with Gasteiger partial charge in [0.1, 0.15) is 30.1 Å². The van der Waals surface area contributed by atoms with Crippen LogP contribution in [0.5, 0.6) is 29.3 Å². The number of piperidine rings is 4. The van der Waals surface area contributed by atoms with Crippen LogP contribution in [-0.4, -0.2) is 199 Å². The van der Waals surface area contributed by atoms with E-state index in [2.05, 4.69) is 60.6 Å². The highest BCUT2D eigenvalue weighted by atomic mass is 19.1. The van der Waals surface area contributed by atoms with Crippen LogP contribution < -0.4 is 23.7 Å². The van der Waals surface area contributed by atoms with Crippen LogP contribution in [0.3, 0.4) is 0 Å². The predicted octanol–water partition coefficient (Wildman–Crippen LogP) is 11.0. The third kappa shape index (κ3) is 16.1. The number of rotatable bonds is 17. The number of ether oxygens (including phenoxy) is 5. The highest BCUT2D eigenvalue weighted by molar-refractivity contribution is 6.00. The third-order valence-corrected chi connectivity index (χ3v) is 22.4. The van der Waals surface area contributed by atoms with Crippen molar-refractivity contribution in [2.45, 2.75) is 148 Å². The van der Waals surface area contributed by atoms with Crippen molar-refractivity contribution in [3.8, 4) is 46.5 Å². The Bertz CT molecular complexity index is 5180. The summed E-state index contributed by atoms with van der Waals surface area (Å²) in [6, 6.07) is 34.9. The van der Waals surface area contributed by atoms with E-state index in [1.54, 1.807) is 65.2 Å². The first kappa shape index (κ1) is 74.7. The van der Waals surface area contributed by atoms with Gasteiger partial charge in [0.25, 0.3) is 23.6 Å². The molecule has 113 heavy (non-hydrogen) atoms. The van der Waals surface area contributed by atoms with Crippen molar-refractivity contribution >= 4 is 23.6 Å². The third-order valence-electron chi connectivity index (χ3n) is 22.4. The van der Waals surface area contributed by atoms with E-state index in [9.17, 15) is 23.6 Å². The molecule has 12 atom stereocenters. The van der Waals surface area contributed by atoms with Crippen LogP contribution in [0.1, 0.15) is 133 Å². The maximum atomic E-state index is 14.5. The molecule has 4 amide bonds. The van der Waals surface area contributed by atoms with Crippen molar-refractivity contribution in [3.05, 3.63) is 239 Å². The number of hydrogen-bond donors (Lipinski definition) is 0. The Morgan fingerprint density at radius 1 is 0.425 bits per heavy atom. The fourth-order valence-electron chi connectivity index (χ4n) is 17.2. The molecular weight excluding hydrogens is 1440 g/mol.